The molecule has 4 nitrogen and oxygen atoms in total. The van der Waals surface area contributed by atoms with Crippen LogP contribution in [0.15, 0.2) is 42.5 Å². The van der Waals surface area contributed by atoms with E-state index in [-0.39, 0.29) is 6.42 Å². The van der Waals surface area contributed by atoms with Crippen molar-refractivity contribution in [3.8, 4) is 11.5 Å². The molecule has 1 N–H and O–H groups in total. The van der Waals surface area contributed by atoms with Gasteiger partial charge in [0.2, 0.25) is 0 Å². The lowest BCUT2D eigenvalue weighted by atomic mass is 10.0. The maximum Gasteiger partial charge on any atom is 0.345 e. The van der Waals surface area contributed by atoms with Crippen LogP contribution in [0.3, 0.4) is 0 Å². The van der Waals surface area contributed by atoms with E-state index in [4.69, 9.17) is 21.1 Å². The van der Waals surface area contributed by atoms with Crippen molar-refractivity contribution in [2.24, 2.45) is 0 Å². The van der Waals surface area contributed by atoms with Gasteiger partial charge < -0.3 is 14.6 Å². The number of benzene rings is 2. The van der Waals surface area contributed by atoms with Crippen molar-refractivity contribution in [3.05, 3.63) is 58.6 Å². The molecule has 0 aliphatic rings. The summed E-state index contributed by atoms with van der Waals surface area (Å²) in [4.78, 5) is 11.5. The lowest BCUT2D eigenvalue weighted by molar-refractivity contribution is -0.145. The Kier molecular flexibility index (Phi) is 5.28. The third-order valence-corrected chi connectivity index (χ3v) is 3.81. The van der Waals surface area contributed by atoms with E-state index < -0.39 is 12.1 Å². The molecule has 2 aromatic rings. The third kappa shape index (κ3) is 3.71. The predicted molar refractivity (Wildman–Crippen MR) is 84.9 cm³/mol. The highest BCUT2D eigenvalue weighted by Crippen LogP contribution is 2.28. The fourth-order valence-electron chi connectivity index (χ4n) is 2.12. The van der Waals surface area contributed by atoms with Gasteiger partial charge in [0.05, 0.1) is 7.11 Å². The van der Waals surface area contributed by atoms with E-state index in [1.165, 1.54) is 7.11 Å². The molecule has 0 aliphatic heterocycles. The topological polar surface area (TPSA) is 55.8 Å². The molecule has 5 heteroatoms. The van der Waals surface area contributed by atoms with Crippen LogP contribution in [0.2, 0.25) is 5.02 Å². The lowest BCUT2D eigenvalue weighted by Gasteiger charge is -2.18. The zero-order chi connectivity index (χ0) is 16.1. The summed E-state index contributed by atoms with van der Waals surface area (Å²) in [7, 11) is 1.51. The fraction of sp³-hybridized carbons (Fsp3) is 0.235. The minimum absolute atomic E-state index is 0.222. The van der Waals surface area contributed by atoms with Gasteiger partial charge in [0.15, 0.2) is 17.6 Å². The number of carboxylic acid groups (broad SMARTS) is 1. The summed E-state index contributed by atoms with van der Waals surface area (Å²) < 4.78 is 10.8. The number of carbonyl (C=O) groups is 1. The Hall–Kier alpha value is -2.20. The molecule has 0 amide bonds. The van der Waals surface area contributed by atoms with Crippen molar-refractivity contribution in [2.75, 3.05) is 7.11 Å². The number of aliphatic carboxylic acids is 1. The molecule has 0 spiro atoms. The zero-order valence-electron chi connectivity index (χ0n) is 12.4. The largest absolute Gasteiger partial charge is 0.493 e. The quantitative estimate of drug-likeness (QED) is 0.881. The minimum Gasteiger partial charge on any atom is -0.493 e. The molecule has 22 heavy (non-hydrogen) atoms. The maximum absolute atomic E-state index is 11.5. The van der Waals surface area contributed by atoms with Gasteiger partial charge >= 0.3 is 5.97 Å². The highest BCUT2D eigenvalue weighted by atomic mass is 35.5. The summed E-state index contributed by atoms with van der Waals surface area (Å²) in [5.74, 6) is -0.140. The van der Waals surface area contributed by atoms with Crippen LogP contribution in [-0.4, -0.2) is 24.3 Å². The Morgan fingerprint density at radius 3 is 2.50 bits per heavy atom. The number of carboxylic acids is 1. The molecular weight excluding hydrogens is 304 g/mol. The van der Waals surface area contributed by atoms with E-state index in [1.807, 2.05) is 13.0 Å². The fourth-order valence-corrected chi connectivity index (χ4v) is 2.32. The maximum atomic E-state index is 11.5. The van der Waals surface area contributed by atoms with E-state index in [0.29, 0.717) is 16.5 Å². The summed E-state index contributed by atoms with van der Waals surface area (Å²) in [6, 6.07) is 12.4. The van der Waals surface area contributed by atoms with Crippen molar-refractivity contribution in [3.63, 3.8) is 0 Å². The van der Waals surface area contributed by atoms with Crippen LogP contribution in [0.5, 0.6) is 11.5 Å². The highest BCUT2D eigenvalue weighted by Gasteiger charge is 2.22. The number of hydrogen-bond acceptors (Lipinski definition) is 3. The lowest BCUT2D eigenvalue weighted by Crippen LogP contribution is -2.29. The summed E-state index contributed by atoms with van der Waals surface area (Å²) in [5.41, 5.74) is 1.70. The third-order valence-electron chi connectivity index (χ3n) is 3.40. The van der Waals surface area contributed by atoms with Gasteiger partial charge in [0.25, 0.3) is 0 Å². The van der Waals surface area contributed by atoms with Gasteiger partial charge in [0, 0.05) is 11.4 Å². The number of rotatable bonds is 6. The molecule has 0 aliphatic carbocycles. The number of hydrogen-bond donors (Lipinski definition) is 1. The highest BCUT2D eigenvalue weighted by molar-refractivity contribution is 6.31. The first-order valence-corrected chi connectivity index (χ1v) is 7.17. The summed E-state index contributed by atoms with van der Waals surface area (Å²) in [6.07, 6.45) is -0.798. The van der Waals surface area contributed by atoms with Crippen LogP contribution >= 0.6 is 11.6 Å². The van der Waals surface area contributed by atoms with Gasteiger partial charge in [-0.25, -0.2) is 4.79 Å². The molecule has 0 bridgehead atoms. The monoisotopic (exact) mass is 320 g/mol. The smallest absolute Gasteiger partial charge is 0.345 e. The summed E-state index contributed by atoms with van der Waals surface area (Å²) in [5, 5.41) is 10.0. The van der Waals surface area contributed by atoms with Crippen LogP contribution in [-0.2, 0) is 11.2 Å². The van der Waals surface area contributed by atoms with Crippen LogP contribution < -0.4 is 9.47 Å². The van der Waals surface area contributed by atoms with Crippen LogP contribution in [0.25, 0.3) is 0 Å². The summed E-state index contributed by atoms with van der Waals surface area (Å²) in [6.45, 7) is 1.86. The number of methoxy groups -OCH3 is 1. The van der Waals surface area contributed by atoms with Crippen LogP contribution in [0, 0.1) is 6.92 Å². The van der Waals surface area contributed by atoms with Gasteiger partial charge in [-0.05, 0) is 36.2 Å². The second-order valence-corrected chi connectivity index (χ2v) is 5.23. The molecule has 0 aromatic heterocycles. The first kappa shape index (κ1) is 16.2. The van der Waals surface area contributed by atoms with Gasteiger partial charge in [0.1, 0.15) is 0 Å². The molecule has 2 aromatic carbocycles. The second-order valence-electron chi connectivity index (χ2n) is 4.82. The molecule has 0 heterocycles. The van der Waals surface area contributed by atoms with Crippen molar-refractivity contribution >= 4 is 17.6 Å². The zero-order valence-corrected chi connectivity index (χ0v) is 13.1. The Morgan fingerprint density at radius 2 is 1.86 bits per heavy atom. The second kappa shape index (κ2) is 7.18. The van der Waals surface area contributed by atoms with E-state index in [0.717, 1.165) is 11.1 Å². The SMILES string of the molecule is COc1ccccc1OC(Cc1cccc(Cl)c1C)C(=O)O. The van der Waals surface area contributed by atoms with E-state index >= 15 is 0 Å². The minimum atomic E-state index is -1.04. The Balaban J connectivity index is 2.24. The molecule has 2 rings (SSSR count). The average Bonchev–Trinajstić information content (AvgIpc) is 2.51. The van der Waals surface area contributed by atoms with Gasteiger partial charge in [-0.15, -0.1) is 0 Å². The molecule has 0 radical (unpaired) electrons. The summed E-state index contributed by atoms with van der Waals surface area (Å²) >= 11 is 6.08. The molecular formula is C17H17ClO4. The molecule has 0 saturated carbocycles. The Morgan fingerprint density at radius 1 is 1.18 bits per heavy atom. The first-order chi connectivity index (χ1) is 10.5. The molecule has 1 atom stereocenters. The first-order valence-electron chi connectivity index (χ1n) is 6.79. The standard InChI is InChI=1S/C17H17ClO4/c1-11-12(6-5-7-13(11)18)10-16(17(19)20)22-15-9-4-3-8-14(15)21-2/h3-9,16H,10H2,1-2H3,(H,19,20). The van der Waals surface area contributed by atoms with Crippen molar-refractivity contribution in [2.45, 2.75) is 19.4 Å². The number of halogens is 1. The van der Waals surface area contributed by atoms with Gasteiger partial charge in [-0.1, -0.05) is 35.9 Å². The Labute approximate surface area is 134 Å². The number of para-hydroxylation sites is 2. The number of ether oxygens (including phenoxy) is 2. The van der Waals surface area contributed by atoms with E-state index in [2.05, 4.69) is 0 Å². The van der Waals surface area contributed by atoms with Gasteiger partial charge in [-0.3, -0.25) is 0 Å². The molecule has 0 saturated heterocycles. The van der Waals surface area contributed by atoms with E-state index in [9.17, 15) is 9.90 Å². The van der Waals surface area contributed by atoms with Crippen LogP contribution in [0.4, 0.5) is 0 Å². The molecule has 1 unspecified atom stereocenters. The van der Waals surface area contributed by atoms with Crippen molar-refractivity contribution in [1.82, 2.24) is 0 Å². The van der Waals surface area contributed by atoms with Gasteiger partial charge in [-0.2, -0.15) is 0 Å². The molecule has 116 valence electrons. The Bertz CT molecular complexity index is 669. The average molecular weight is 321 g/mol. The normalized spacial score (nSPS) is 11.8. The van der Waals surface area contributed by atoms with Crippen molar-refractivity contribution < 1.29 is 19.4 Å². The van der Waals surface area contributed by atoms with E-state index in [1.54, 1.807) is 36.4 Å². The van der Waals surface area contributed by atoms with Crippen LogP contribution in [0.1, 0.15) is 11.1 Å². The van der Waals surface area contributed by atoms with Crippen molar-refractivity contribution in [1.29, 1.82) is 0 Å². The predicted octanol–water partition coefficient (Wildman–Crippen LogP) is 3.73. The molecule has 0 fully saturated rings.